The zero-order chi connectivity index (χ0) is 15.9. The van der Waals surface area contributed by atoms with E-state index in [0.717, 1.165) is 4.90 Å². The van der Waals surface area contributed by atoms with E-state index in [-0.39, 0.29) is 5.91 Å². The minimum absolute atomic E-state index is 0.370. The molecule has 1 unspecified atom stereocenters. The van der Waals surface area contributed by atoms with Crippen LogP contribution in [0.3, 0.4) is 0 Å². The van der Waals surface area contributed by atoms with Crippen molar-refractivity contribution in [2.75, 3.05) is 14.1 Å². The number of allylic oxidation sites excluding steroid dienone is 1. The molecule has 2 aliphatic rings. The zero-order valence-corrected chi connectivity index (χ0v) is 12.1. The van der Waals surface area contributed by atoms with E-state index in [1.165, 1.54) is 24.1 Å². The molecule has 2 heterocycles. The first-order valence-electron chi connectivity index (χ1n) is 6.68. The third kappa shape index (κ3) is 2.20. The van der Waals surface area contributed by atoms with Gasteiger partial charge in [-0.25, -0.2) is 19.1 Å². The SMILES string of the molecule is CN1C(=O)C2C(=Nc3cccc(F)c3)C=C[NH+]=C2N(C)C1=O. The van der Waals surface area contributed by atoms with Crippen molar-refractivity contribution in [1.82, 2.24) is 9.80 Å². The number of amides is 3. The summed E-state index contributed by atoms with van der Waals surface area (Å²) in [6.07, 6.45) is 3.25. The molecule has 1 aromatic rings. The van der Waals surface area contributed by atoms with Crippen LogP contribution >= 0.6 is 0 Å². The summed E-state index contributed by atoms with van der Waals surface area (Å²) in [4.78, 5) is 34.1. The van der Waals surface area contributed by atoms with Gasteiger partial charge in [0.05, 0.1) is 24.6 Å². The number of hydrogen-bond acceptors (Lipinski definition) is 3. The molecule has 1 N–H and O–H groups in total. The smallest absolute Gasteiger partial charge is 0.273 e. The molecule has 3 amide bonds. The fourth-order valence-corrected chi connectivity index (χ4v) is 2.48. The van der Waals surface area contributed by atoms with Gasteiger partial charge in [0.25, 0.3) is 11.7 Å². The van der Waals surface area contributed by atoms with Crippen LogP contribution in [0.15, 0.2) is 41.5 Å². The lowest BCUT2D eigenvalue weighted by molar-refractivity contribution is -0.382. The summed E-state index contributed by atoms with van der Waals surface area (Å²) >= 11 is 0. The van der Waals surface area contributed by atoms with Gasteiger partial charge in [0.15, 0.2) is 5.92 Å². The normalized spacial score (nSPS) is 23.0. The van der Waals surface area contributed by atoms with Crippen LogP contribution in [0.1, 0.15) is 0 Å². The van der Waals surface area contributed by atoms with E-state index in [9.17, 15) is 14.0 Å². The number of aliphatic imine (C=N–C) groups is 1. The van der Waals surface area contributed by atoms with E-state index in [0.29, 0.717) is 17.2 Å². The number of nitrogens with one attached hydrogen (secondary N) is 1. The summed E-state index contributed by atoms with van der Waals surface area (Å²) in [5, 5.41) is 0. The molecule has 22 heavy (non-hydrogen) atoms. The molecule has 0 spiro atoms. The number of benzene rings is 1. The Hall–Kier alpha value is -2.83. The van der Waals surface area contributed by atoms with Crippen molar-refractivity contribution >= 4 is 29.2 Å². The fraction of sp³-hybridized carbons (Fsp3) is 0.200. The molecule has 0 radical (unpaired) electrons. The number of fused-ring (bicyclic) bond motifs is 1. The summed E-state index contributed by atoms with van der Waals surface area (Å²) < 4.78 is 13.3. The average molecular weight is 301 g/mol. The molecule has 1 atom stereocenters. The zero-order valence-electron chi connectivity index (χ0n) is 12.1. The Morgan fingerprint density at radius 3 is 2.73 bits per heavy atom. The van der Waals surface area contributed by atoms with Crippen LogP contribution in [0, 0.1) is 11.7 Å². The van der Waals surface area contributed by atoms with E-state index in [2.05, 4.69) is 9.98 Å². The molecule has 0 aromatic heterocycles. The largest absolute Gasteiger partial charge is 0.417 e. The number of nitrogens with zero attached hydrogens (tertiary/aromatic N) is 3. The molecule has 1 aromatic carbocycles. The molecule has 0 bridgehead atoms. The average Bonchev–Trinajstić information content (AvgIpc) is 2.50. The Morgan fingerprint density at radius 1 is 1.23 bits per heavy atom. The number of amidine groups is 1. The van der Waals surface area contributed by atoms with Crippen molar-refractivity contribution in [3.05, 3.63) is 42.4 Å². The Kier molecular flexibility index (Phi) is 3.32. The van der Waals surface area contributed by atoms with Crippen LogP contribution in [0.2, 0.25) is 0 Å². The molecular formula is C15H14FN4O2+. The van der Waals surface area contributed by atoms with Gasteiger partial charge in [0.1, 0.15) is 5.82 Å². The van der Waals surface area contributed by atoms with E-state index in [1.807, 2.05) is 0 Å². The maximum absolute atomic E-state index is 13.3. The van der Waals surface area contributed by atoms with Crippen LogP contribution in [0.25, 0.3) is 0 Å². The van der Waals surface area contributed by atoms with Gasteiger partial charge < -0.3 is 0 Å². The van der Waals surface area contributed by atoms with Crippen molar-refractivity contribution in [2.45, 2.75) is 0 Å². The van der Waals surface area contributed by atoms with Gasteiger partial charge in [-0.1, -0.05) is 6.07 Å². The highest BCUT2D eigenvalue weighted by Gasteiger charge is 2.49. The molecule has 7 heteroatoms. The Balaban J connectivity index is 2.05. The predicted molar refractivity (Wildman–Crippen MR) is 78.0 cm³/mol. The van der Waals surface area contributed by atoms with Crippen molar-refractivity contribution < 1.29 is 19.0 Å². The molecule has 1 fully saturated rings. The van der Waals surface area contributed by atoms with Crippen molar-refractivity contribution in [3.8, 4) is 0 Å². The Labute approximate surface area is 126 Å². The maximum atomic E-state index is 13.3. The highest BCUT2D eigenvalue weighted by molar-refractivity contribution is 6.30. The highest BCUT2D eigenvalue weighted by Crippen LogP contribution is 2.21. The predicted octanol–water partition coefficient (Wildman–Crippen LogP) is 0.0446. The lowest BCUT2D eigenvalue weighted by Crippen LogP contribution is -2.79. The van der Waals surface area contributed by atoms with Gasteiger partial charge in [-0.2, -0.15) is 4.90 Å². The number of rotatable bonds is 1. The molecular weight excluding hydrogens is 287 g/mol. The van der Waals surface area contributed by atoms with Gasteiger partial charge in [0.2, 0.25) is 0 Å². The van der Waals surface area contributed by atoms with Crippen molar-refractivity contribution in [3.63, 3.8) is 0 Å². The van der Waals surface area contributed by atoms with Gasteiger partial charge in [-0.3, -0.25) is 9.79 Å². The molecule has 1 saturated heterocycles. The molecule has 2 aliphatic heterocycles. The number of carbonyl (C=O) groups excluding carboxylic acids is 2. The number of imide groups is 1. The van der Waals surface area contributed by atoms with E-state index >= 15 is 0 Å². The fourth-order valence-electron chi connectivity index (χ4n) is 2.48. The number of carbonyl (C=O) groups is 2. The molecule has 0 saturated carbocycles. The van der Waals surface area contributed by atoms with Gasteiger partial charge in [-0.05, 0) is 18.2 Å². The Morgan fingerprint density at radius 2 is 2.00 bits per heavy atom. The monoisotopic (exact) mass is 301 g/mol. The molecule has 6 nitrogen and oxygen atoms in total. The highest BCUT2D eigenvalue weighted by atomic mass is 19.1. The first-order valence-corrected chi connectivity index (χ1v) is 6.68. The summed E-state index contributed by atoms with van der Waals surface area (Å²) in [5.74, 6) is -1.03. The van der Waals surface area contributed by atoms with E-state index < -0.39 is 17.8 Å². The van der Waals surface area contributed by atoms with Crippen LogP contribution in [-0.2, 0) is 4.79 Å². The quantitative estimate of drug-likeness (QED) is 0.796. The molecule has 3 rings (SSSR count). The van der Waals surface area contributed by atoms with Crippen molar-refractivity contribution in [1.29, 1.82) is 0 Å². The first-order chi connectivity index (χ1) is 10.5. The van der Waals surface area contributed by atoms with Crippen molar-refractivity contribution in [2.24, 2.45) is 10.9 Å². The van der Waals surface area contributed by atoms with Crippen LogP contribution in [0.4, 0.5) is 14.9 Å². The van der Waals surface area contributed by atoms with E-state index in [4.69, 9.17) is 0 Å². The standard InChI is InChI=1S/C15H13FN4O2/c1-19-13-12(14(21)20(2)15(19)22)11(6-7-17-13)18-10-5-3-4-9(16)8-10/h3-8,12H,1-2H3/p+1. The van der Waals surface area contributed by atoms with Gasteiger partial charge >= 0.3 is 6.03 Å². The summed E-state index contributed by atoms with van der Waals surface area (Å²) in [7, 11) is 3.01. The van der Waals surface area contributed by atoms with Gasteiger partial charge in [0, 0.05) is 13.1 Å². The number of hydrogen-bond donors (Lipinski definition) is 1. The van der Waals surface area contributed by atoms with Crippen LogP contribution in [-0.4, -0.2) is 47.4 Å². The van der Waals surface area contributed by atoms with E-state index in [1.54, 1.807) is 31.5 Å². The minimum Gasteiger partial charge on any atom is -0.273 e. The third-order valence-electron chi connectivity index (χ3n) is 3.63. The first kappa shape index (κ1) is 14.1. The second kappa shape index (κ2) is 5.18. The van der Waals surface area contributed by atoms with Crippen LogP contribution < -0.4 is 4.99 Å². The summed E-state index contributed by atoms with van der Waals surface area (Å²) in [6.45, 7) is 0. The summed E-state index contributed by atoms with van der Waals surface area (Å²) in [6, 6.07) is 5.40. The number of halogens is 1. The Bertz CT molecular complexity index is 754. The summed E-state index contributed by atoms with van der Waals surface area (Å²) in [5.41, 5.74) is 0.867. The molecule has 0 aliphatic carbocycles. The van der Waals surface area contributed by atoms with Crippen LogP contribution in [0.5, 0.6) is 0 Å². The van der Waals surface area contributed by atoms with Gasteiger partial charge in [-0.15, -0.1) is 0 Å². The second-order valence-corrected chi connectivity index (χ2v) is 5.05. The lowest BCUT2D eigenvalue weighted by atomic mass is 9.95. The lowest BCUT2D eigenvalue weighted by Gasteiger charge is -2.31. The molecule has 112 valence electrons. The topological polar surface area (TPSA) is 67.0 Å². The minimum atomic E-state index is -0.707. The second-order valence-electron chi connectivity index (χ2n) is 5.05. The number of urea groups is 1. The third-order valence-corrected chi connectivity index (χ3v) is 3.63. The maximum Gasteiger partial charge on any atom is 0.417 e.